The standard InChI is InChI=1S/C18H22N4O3/c1-19-17(24)18(13-25-2)10-6-12-21(18)16(23)15-9-11-20-22(15)14-7-4-3-5-8-14/h3-5,7-9,11H,6,10,12-13H2,1-2H3,(H,19,24). The summed E-state index contributed by atoms with van der Waals surface area (Å²) in [6.45, 7) is 0.674. The van der Waals surface area contributed by atoms with Crippen LogP contribution in [-0.4, -0.2) is 59.3 Å². The number of rotatable bonds is 5. The first-order valence-electron chi connectivity index (χ1n) is 8.26. The molecule has 0 radical (unpaired) electrons. The summed E-state index contributed by atoms with van der Waals surface area (Å²) in [5.41, 5.74) is 0.247. The predicted molar refractivity (Wildman–Crippen MR) is 92.5 cm³/mol. The summed E-state index contributed by atoms with van der Waals surface area (Å²) in [6.07, 6.45) is 2.92. The van der Waals surface area contributed by atoms with Crippen LogP contribution in [0.15, 0.2) is 42.6 Å². The van der Waals surface area contributed by atoms with Gasteiger partial charge in [0, 0.05) is 20.7 Å². The van der Waals surface area contributed by atoms with Crippen LogP contribution in [0.25, 0.3) is 5.69 Å². The highest BCUT2D eigenvalue weighted by molar-refractivity contribution is 5.99. The minimum absolute atomic E-state index is 0.165. The number of likely N-dealkylation sites (N-methyl/N-ethyl adjacent to an activating group) is 1. The first-order valence-corrected chi connectivity index (χ1v) is 8.26. The van der Waals surface area contributed by atoms with Crippen molar-refractivity contribution in [2.75, 3.05) is 27.3 Å². The monoisotopic (exact) mass is 342 g/mol. The van der Waals surface area contributed by atoms with Gasteiger partial charge in [-0.25, -0.2) is 4.68 Å². The van der Waals surface area contributed by atoms with Gasteiger partial charge in [-0.2, -0.15) is 5.10 Å². The Balaban J connectivity index is 1.98. The number of amides is 2. The number of aromatic nitrogens is 2. The van der Waals surface area contributed by atoms with Crippen LogP contribution >= 0.6 is 0 Å². The molecule has 7 nitrogen and oxygen atoms in total. The number of para-hydroxylation sites is 1. The Bertz CT molecular complexity index is 759. The molecule has 132 valence electrons. The molecule has 1 unspecified atom stereocenters. The van der Waals surface area contributed by atoms with E-state index in [4.69, 9.17) is 4.74 Å². The Kier molecular flexibility index (Phi) is 4.85. The van der Waals surface area contributed by atoms with Crippen LogP contribution in [-0.2, 0) is 9.53 Å². The van der Waals surface area contributed by atoms with E-state index in [1.807, 2.05) is 30.3 Å². The van der Waals surface area contributed by atoms with E-state index < -0.39 is 5.54 Å². The molecule has 2 amide bonds. The van der Waals surface area contributed by atoms with Gasteiger partial charge in [0.1, 0.15) is 11.2 Å². The van der Waals surface area contributed by atoms with Crippen molar-refractivity contribution in [3.8, 4) is 5.69 Å². The maximum absolute atomic E-state index is 13.2. The van der Waals surface area contributed by atoms with E-state index in [0.29, 0.717) is 18.7 Å². The molecule has 7 heteroatoms. The van der Waals surface area contributed by atoms with Crippen LogP contribution < -0.4 is 5.32 Å². The highest BCUT2D eigenvalue weighted by Crippen LogP contribution is 2.32. The number of hydrogen-bond donors (Lipinski definition) is 1. The number of nitrogens with one attached hydrogen (secondary N) is 1. The zero-order valence-corrected chi connectivity index (χ0v) is 14.4. The summed E-state index contributed by atoms with van der Waals surface area (Å²) in [5, 5.41) is 6.95. The molecule has 2 aromatic rings. The molecule has 1 atom stereocenters. The topological polar surface area (TPSA) is 76.5 Å². The van der Waals surface area contributed by atoms with Crippen molar-refractivity contribution in [3.05, 3.63) is 48.3 Å². The molecule has 1 aliphatic heterocycles. The fourth-order valence-corrected chi connectivity index (χ4v) is 3.48. The normalized spacial score (nSPS) is 19.8. The SMILES string of the molecule is CNC(=O)C1(COC)CCCN1C(=O)c1ccnn1-c1ccccc1. The number of carbonyl (C=O) groups is 2. The number of carbonyl (C=O) groups excluding carboxylic acids is 2. The molecule has 1 aliphatic rings. The molecule has 0 aliphatic carbocycles. The van der Waals surface area contributed by atoms with Crippen LogP contribution in [0.4, 0.5) is 0 Å². The molecule has 1 N–H and O–H groups in total. The van der Waals surface area contributed by atoms with E-state index in [9.17, 15) is 9.59 Å². The third-order valence-corrected chi connectivity index (χ3v) is 4.63. The Labute approximate surface area is 146 Å². The third-order valence-electron chi connectivity index (χ3n) is 4.63. The zero-order chi connectivity index (χ0) is 17.9. The second kappa shape index (κ2) is 7.06. The molecular formula is C18H22N4O3. The minimum Gasteiger partial charge on any atom is -0.382 e. The van der Waals surface area contributed by atoms with Crippen LogP contribution in [0.3, 0.4) is 0 Å². The summed E-state index contributed by atoms with van der Waals surface area (Å²) in [7, 11) is 3.12. The molecular weight excluding hydrogens is 320 g/mol. The van der Waals surface area contributed by atoms with E-state index in [-0.39, 0.29) is 18.4 Å². The van der Waals surface area contributed by atoms with Gasteiger partial charge in [-0.05, 0) is 31.0 Å². The maximum atomic E-state index is 13.2. The fourth-order valence-electron chi connectivity index (χ4n) is 3.48. The summed E-state index contributed by atoms with van der Waals surface area (Å²) < 4.78 is 6.89. The number of nitrogens with zero attached hydrogens (tertiary/aromatic N) is 3. The average molecular weight is 342 g/mol. The van der Waals surface area contributed by atoms with E-state index >= 15 is 0 Å². The van der Waals surface area contributed by atoms with Crippen molar-refractivity contribution >= 4 is 11.8 Å². The first kappa shape index (κ1) is 17.2. The molecule has 1 saturated heterocycles. The lowest BCUT2D eigenvalue weighted by Gasteiger charge is -2.36. The van der Waals surface area contributed by atoms with E-state index in [1.54, 1.807) is 36.0 Å². The predicted octanol–water partition coefficient (Wildman–Crippen LogP) is 1.24. The van der Waals surface area contributed by atoms with Crippen molar-refractivity contribution in [2.24, 2.45) is 0 Å². The van der Waals surface area contributed by atoms with Gasteiger partial charge < -0.3 is 15.0 Å². The van der Waals surface area contributed by atoms with Crippen molar-refractivity contribution in [3.63, 3.8) is 0 Å². The molecule has 1 fully saturated rings. The Morgan fingerprint density at radius 3 is 2.72 bits per heavy atom. The zero-order valence-electron chi connectivity index (χ0n) is 14.4. The molecule has 0 spiro atoms. The average Bonchev–Trinajstić information content (AvgIpc) is 3.29. The van der Waals surface area contributed by atoms with Crippen LogP contribution in [0.2, 0.25) is 0 Å². The summed E-state index contributed by atoms with van der Waals surface area (Å²) in [6, 6.07) is 11.1. The quantitative estimate of drug-likeness (QED) is 0.887. The van der Waals surface area contributed by atoms with Crippen LogP contribution in [0, 0.1) is 0 Å². The van der Waals surface area contributed by atoms with E-state index in [1.165, 1.54) is 0 Å². The number of methoxy groups -OCH3 is 1. The minimum atomic E-state index is -0.980. The molecule has 0 bridgehead atoms. The summed E-state index contributed by atoms with van der Waals surface area (Å²) in [5.74, 6) is -0.425. The van der Waals surface area contributed by atoms with Crippen LogP contribution in [0.5, 0.6) is 0 Å². The van der Waals surface area contributed by atoms with Gasteiger partial charge in [-0.15, -0.1) is 0 Å². The Hall–Kier alpha value is -2.67. The number of ether oxygens (including phenoxy) is 1. The summed E-state index contributed by atoms with van der Waals surface area (Å²) >= 11 is 0. The van der Waals surface area contributed by atoms with Crippen molar-refractivity contribution < 1.29 is 14.3 Å². The largest absolute Gasteiger partial charge is 0.382 e. The summed E-state index contributed by atoms with van der Waals surface area (Å²) in [4.78, 5) is 27.4. The van der Waals surface area contributed by atoms with Gasteiger partial charge in [-0.3, -0.25) is 9.59 Å². The molecule has 1 aromatic carbocycles. The number of likely N-dealkylation sites (tertiary alicyclic amines) is 1. The van der Waals surface area contributed by atoms with E-state index in [2.05, 4.69) is 10.4 Å². The Morgan fingerprint density at radius 1 is 1.28 bits per heavy atom. The lowest BCUT2D eigenvalue weighted by Crippen LogP contribution is -2.59. The lowest BCUT2D eigenvalue weighted by atomic mass is 9.95. The van der Waals surface area contributed by atoms with Crippen molar-refractivity contribution in [1.82, 2.24) is 20.0 Å². The van der Waals surface area contributed by atoms with Gasteiger partial charge in [-0.1, -0.05) is 18.2 Å². The molecule has 25 heavy (non-hydrogen) atoms. The van der Waals surface area contributed by atoms with E-state index in [0.717, 1.165) is 12.1 Å². The highest BCUT2D eigenvalue weighted by atomic mass is 16.5. The maximum Gasteiger partial charge on any atom is 0.273 e. The molecule has 3 rings (SSSR count). The highest BCUT2D eigenvalue weighted by Gasteiger charge is 2.50. The lowest BCUT2D eigenvalue weighted by molar-refractivity contribution is -0.133. The van der Waals surface area contributed by atoms with Gasteiger partial charge in [0.15, 0.2) is 0 Å². The Morgan fingerprint density at radius 2 is 2.04 bits per heavy atom. The van der Waals surface area contributed by atoms with Gasteiger partial charge in [0.05, 0.1) is 18.5 Å². The smallest absolute Gasteiger partial charge is 0.273 e. The first-order chi connectivity index (χ1) is 12.1. The third kappa shape index (κ3) is 2.91. The van der Waals surface area contributed by atoms with Crippen LogP contribution in [0.1, 0.15) is 23.3 Å². The number of benzene rings is 1. The van der Waals surface area contributed by atoms with Gasteiger partial charge in [0.25, 0.3) is 5.91 Å². The van der Waals surface area contributed by atoms with Crippen molar-refractivity contribution in [2.45, 2.75) is 18.4 Å². The number of hydrogen-bond acceptors (Lipinski definition) is 4. The van der Waals surface area contributed by atoms with Crippen molar-refractivity contribution in [1.29, 1.82) is 0 Å². The molecule has 2 heterocycles. The van der Waals surface area contributed by atoms with Gasteiger partial charge in [0.2, 0.25) is 5.91 Å². The second-order valence-electron chi connectivity index (χ2n) is 6.07. The molecule has 1 aromatic heterocycles. The fraction of sp³-hybridized carbons (Fsp3) is 0.389. The van der Waals surface area contributed by atoms with Gasteiger partial charge >= 0.3 is 0 Å². The molecule has 0 saturated carbocycles. The second-order valence-corrected chi connectivity index (χ2v) is 6.07.